The Morgan fingerprint density at radius 1 is 0.375 bits per heavy atom. The van der Waals surface area contributed by atoms with Crippen molar-refractivity contribution < 1.29 is 4.42 Å². The van der Waals surface area contributed by atoms with Crippen molar-refractivity contribution in [1.29, 1.82) is 0 Å². The number of thiophene rings is 1. The normalized spacial score (nSPS) is 12.1. The lowest BCUT2D eigenvalue weighted by atomic mass is 10.0. The zero-order chi connectivity index (χ0) is 41.9. The molecule has 0 bridgehead atoms. The molecule has 14 aromatic rings. The van der Waals surface area contributed by atoms with Crippen LogP contribution in [0.25, 0.3) is 131 Å². The van der Waals surface area contributed by atoms with Crippen LogP contribution in [0, 0.1) is 0 Å². The highest BCUT2D eigenvalue weighted by atomic mass is 32.1. The van der Waals surface area contributed by atoms with Gasteiger partial charge in [-0.1, -0.05) is 127 Å². The van der Waals surface area contributed by atoms with Crippen LogP contribution in [0.4, 0.5) is 0 Å². The van der Waals surface area contributed by atoms with Gasteiger partial charge in [-0.2, -0.15) is 0 Å². The molecule has 0 radical (unpaired) electrons. The molecule has 0 unspecified atom stereocenters. The Labute approximate surface area is 369 Å². The fourth-order valence-electron chi connectivity index (χ4n) is 10.1. The number of hydrogen-bond acceptors (Lipinski definition) is 5. The summed E-state index contributed by atoms with van der Waals surface area (Å²) in [5.74, 6) is 1.80. The number of furan rings is 1. The molecule has 0 saturated heterocycles. The third-order valence-corrected chi connectivity index (χ3v) is 13.9. The molecule has 7 heteroatoms. The average Bonchev–Trinajstić information content (AvgIpc) is 4.12. The Morgan fingerprint density at radius 3 is 1.81 bits per heavy atom. The van der Waals surface area contributed by atoms with Gasteiger partial charge in [-0.05, 0) is 72.8 Å². The maximum Gasteiger partial charge on any atom is 0.164 e. The third kappa shape index (κ3) is 5.10. The van der Waals surface area contributed by atoms with Crippen molar-refractivity contribution in [2.24, 2.45) is 0 Å². The van der Waals surface area contributed by atoms with Crippen molar-refractivity contribution in [2.45, 2.75) is 0 Å². The molecule has 5 aromatic heterocycles. The maximum atomic E-state index is 6.39. The van der Waals surface area contributed by atoms with Crippen LogP contribution in [0.2, 0.25) is 0 Å². The number of hydrogen-bond donors (Lipinski definition) is 0. The number of aromatic nitrogens is 5. The minimum atomic E-state index is 0.588. The van der Waals surface area contributed by atoms with Crippen LogP contribution in [0.5, 0.6) is 0 Å². The molecule has 5 heterocycles. The largest absolute Gasteiger partial charge is 0.456 e. The van der Waals surface area contributed by atoms with E-state index in [9.17, 15) is 0 Å². The van der Waals surface area contributed by atoms with Crippen LogP contribution in [0.15, 0.2) is 205 Å². The first-order valence-corrected chi connectivity index (χ1v) is 22.3. The predicted molar refractivity (Wildman–Crippen MR) is 265 cm³/mol. The first-order valence-electron chi connectivity index (χ1n) is 21.4. The van der Waals surface area contributed by atoms with Crippen molar-refractivity contribution >= 4 is 97.1 Å². The van der Waals surface area contributed by atoms with E-state index < -0.39 is 0 Å². The summed E-state index contributed by atoms with van der Waals surface area (Å²) in [6.07, 6.45) is 0. The molecule has 64 heavy (non-hydrogen) atoms. The predicted octanol–water partition coefficient (Wildman–Crippen LogP) is 15.3. The van der Waals surface area contributed by atoms with E-state index >= 15 is 0 Å². The van der Waals surface area contributed by atoms with Gasteiger partial charge in [-0.15, -0.1) is 11.3 Å². The van der Waals surface area contributed by atoms with Gasteiger partial charge >= 0.3 is 0 Å². The Morgan fingerprint density at radius 2 is 0.969 bits per heavy atom. The van der Waals surface area contributed by atoms with Gasteiger partial charge in [0.1, 0.15) is 11.2 Å². The smallest absolute Gasteiger partial charge is 0.164 e. The van der Waals surface area contributed by atoms with Crippen molar-refractivity contribution in [3.63, 3.8) is 0 Å². The molecule has 0 saturated carbocycles. The van der Waals surface area contributed by atoms with Gasteiger partial charge in [0.05, 0.1) is 27.8 Å². The average molecular weight is 836 g/mol. The van der Waals surface area contributed by atoms with Gasteiger partial charge in [0.15, 0.2) is 17.5 Å². The van der Waals surface area contributed by atoms with Gasteiger partial charge in [0, 0.05) is 74.9 Å². The summed E-state index contributed by atoms with van der Waals surface area (Å²) in [5, 5.41) is 9.03. The lowest BCUT2D eigenvalue weighted by molar-refractivity contribution is 0.669. The van der Waals surface area contributed by atoms with Crippen molar-refractivity contribution in [2.75, 3.05) is 0 Å². The van der Waals surface area contributed by atoms with Crippen LogP contribution in [0.3, 0.4) is 0 Å². The molecule has 0 aliphatic carbocycles. The summed E-state index contributed by atoms with van der Waals surface area (Å²) < 4.78 is 13.7. The van der Waals surface area contributed by atoms with Crippen LogP contribution in [0.1, 0.15) is 0 Å². The minimum absolute atomic E-state index is 0.588. The Kier molecular flexibility index (Phi) is 7.46. The van der Waals surface area contributed by atoms with Gasteiger partial charge in [-0.25, -0.2) is 15.0 Å². The van der Waals surface area contributed by atoms with E-state index in [0.717, 1.165) is 82.8 Å². The number of fused-ring (bicyclic) bond motifs is 12. The molecule has 0 amide bonds. The molecule has 6 nitrogen and oxygen atoms in total. The molecule has 0 N–H and O–H groups in total. The van der Waals surface area contributed by atoms with Crippen LogP contribution >= 0.6 is 11.3 Å². The van der Waals surface area contributed by atoms with E-state index in [1.54, 1.807) is 11.3 Å². The van der Waals surface area contributed by atoms with E-state index in [1.165, 1.54) is 30.9 Å². The quantitative estimate of drug-likeness (QED) is 0.173. The van der Waals surface area contributed by atoms with E-state index in [0.29, 0.717) is 17.5 Å². The minimum Gasteiger partial charge on any atom is -0.456 e. The van der Waals surface area contributed by atoms with Crippen molar-refractivity contribution in [1.82, 2.24) is 24.1 Å². The SMILES string of the molecule is c1ccc(-n2c3ccccc3c3cccc(-n4c5ccccc5c5c(-c6nc(-c7ccc8sc9ccccc9c8c7)nc(-c7cccc8oc9ccccc9c78)n6)cccc54)c32)cc1. The summed E-state index contributed by atoms with van der Waals surface area (Å²) in [7, 11) is 0. The lowest BCUT2D eigenvalue weighted by Gasteiger charge is -2.14. The van der Waals surface area contributed by atoms with E-state index in [-0.39, 0.29) is 0 Å². The number of para-hydroxylation sites is 5. The molecule has 9 aromatic carbocycles. The molecule has 0 atom stereocenters. The summed E-state index contributed by atoms with van der Waals surface area (Å²) in [6.45, 7) is 0. The lowest BCUT2D eigenvalue weighted by Crippen LogP contribution is -2.01. The summed E-state index contributed by atoms with van der Waals surface area (Å²) >= 11 is 1.81. The highest BCUT2D eigenvalue weighted by Crippen LogP contribution is 2.44. The third-order valence-electron chi connectivity index (χ3n) is 12.8. The zero-order valence-corrected chi connectivity index (χ0v) is 34.9. The fourth-order valence-corrected chi connectivity index (χ4v) is 11.1. The topological polar surface area (TPSA) is 61.7 Å². The van der Waals surface area contributed by atoms with E-state index in [1.807, 2.05) is 24.3 Å². The molecule has 14 rings (SSSR count). The monoisotopic (exact) mass is 835 g/mol. The van der Waals surface area contributed by atoms with Gasteiger partial charge in [0.25, 0.3) is 0 Å². The highest BCUT2D eigenvalue weighted by molar-refractivity contribution is 7.25. The number of benzene rings is 9. The molecule has 0 spiro atoms. The van der Waals surface area contributed by atoms with E-state index in [2.05, 4.69) is 185 Å². The van der Waals surface area contributed by atoms with Crippen LogP contribution < -0.4 is 0 Å². The molecule has 0 fully saturated rings. The first-order chi connectivity index (χ1) is 31.7. The molecule has 0 aliphatic rings. The first kappa shape index (κ1) is 35.2. The van der Waals surface area contributed by atoms with Gasteiger partial charge in [0.2, 0.25) is 0 Å². The van der Waals surface area contributed by atoms with Crippen molar-refractivity contribution in [3.8, 4) is 45.5 Å². The Hall–Kier alpha value is -8.39. The second kappa shape index (κ2) is 13.6. The molecule has 298 valence electrons. The fraction of sp³-hybridized carbons (Fsp3) is 0. The molecular weight excluding hydrogens is 803 g/mol. The van der Waals surface area contributed by atoms with Gasteiger partial charge < -0.3 is 13.6 Å². The number of nitrogens with zero attached hydrogens (tertiary/aromatic N) is 5. The summed E-state index contributed by atoms with van der Waals surface area (Å²) in [6, 6.07) is 70.8. The Balaban J connectivity index is 1.06. The van der Waals surface area contributed by atoms with Crippen LogP contribution in [-0.4, -0.2) is 24.1 Å². The Bertz CT molecular complexity index is 4210. The maximum absolute atomic E-state index is 6.39. The summed E-state index contributed by atoms with van der Waals surface area (Å²) in [4.78, 5) is 16.2. The second-order valence-corrected chi connectivity index (χ2v) is 17.4. The van der Waals surface area contributed by atoms with Crippen LogP contribution in [-0.2, 0) is 0 Å². The second-order valence-electron chi connectivity index (χ2n) is 16.3. The van der Waals surface area contributed by atoms with Gasteiger partial charge in [-0.3, -0.25) is 0 Å². The molecule has 0 aliphatic heterocycles. The van der Waals surface area contributed by atoms with E-state index in [4.69, 9.17) is 19.4 Å². The van der Waals surface area contributed by atoms with Crippen molar-refractivity contribution in [3.05, 3.63) is 200 Å². The highest BCUT2D eigenvalue weighted by Gasteiger charge is 2.24. The zero-order valence-electron chi connectivity index (χ0n) is 34.1. The number of rotatable bonds is 5. The standard InChI is InChI=1S/C57H33N5OS/c1-2-15-35(16-3-1)61-44-24-8-4-17-36(44)38-21-12-27-47(54(38)61)62-45-25-9-5-19-39(45)52-41(22-13-26-46(52)62)56-58-55(34-31-32-51-43(33-34)37-18-7-11-30-50(37)64-51)59-57(60-56)42-23-14-29-49-53(42)40-20-6-10-28-48(40)63-49/h1-33H. The molecular formula is C57H33N5OS. The summed E-state index contributed by atoms with van der Waals surface area (Å²) in [5.41, 5.74) is 11.0.